The van der Waals surface area contributed by atoms with E-state index in [2.05, 4.69) is 71.3 Å². The number of imide groups is 1. The number of carbonyl (C=O) groups is 4. The van der Waals surface area contributed by atoms with E-state index in [0.29, 0.717) is 38.0 Å². The molecule has 1 heterocycles. The molecule has 266 valence electrons. The van der Waals surface area contributed by atoms with Gasteiger partial charge in [0.1, 0.15) is 5.75 Å². The number of phenols is 1. The molecule has 1 saturated heterocycles. The number of nitrogens with one attached hydrogen (secondary N) is 2. The van der Waals surface area contributed by atoms with E-state index in [1.54, 1.807) is 0 Å². The van der Waals surface area contributed by atoms with Crippen LogP contribution < -0.4 is 10.7 Å². The molecule has 47 heavy (non-hydrogen) atoms. The van der Waals surface area contributed by atoms with Crippen LogP contribution in [0.5, 0.6) is 5.75 Å². The number of carbonyl (C=O) groups excluding carboxylic acids is 4. The lowest BCUT2D eigenvalue weighted by atomic mass is 9.78. The number of nitrogens with zero attached hydrogens (tertiary/aromatic N) is 1. The minimum atomic E-state index is -0.301. The third kappa shape index (κ3) is 14.4. The van der Waals surface area contributed by atoms with Crippen LogP contribution in [-0.4, -0.2) is 40.3 Å². The third-order valence-corrected chi connectivity index (χ3v) is 9.19. The molecule has 3 N–H and O–H groups in total. The normalized spacial score (nSPS) is 15.4. The predicted molar refractivity (Wildman–Crippen MR) is 190 cm³/mol. The fraction of sp³-hybridized carbons (Fsp3) is 0.744. The van der Waals surface area contributed by atoms with Gasteiger partial charge in [0, 0.05) is 31.7 Å². The lowest BCUT2D eigenvalue weighted by Crippen LogP contribution is -2.46. The summed E-state index contributed by atoms with van der Waals surface area (Å²) in [6, 6.07) is 4.22. The Bertz CT molecular complexity index is 1130. The number of unbranched alkanes of at least 4 members (excludes halogenated alkanes) is 10. The first kappa shape index (κ1) is 40.3. The van der Waals surface area contributed by atoms with Crippen LogP contribution in [0.4, 0.5) is 0 Å². The number of hydrogen-bond acceptors (Lipinski definition) is 5. The fourth-order valence-electron chi connectivity index (χ4n) is 6.26. The monoisotopic (exact) mass is 655 g/mol. The Kier molecular flexibility index (Phi) is 17.0. The largest absolute Gasteiger partial charge is 0.507 e. The molecule has 0 bridgehead atoms. The van der Waals surface area contributed by atoms with E-state index in [0.717, 1.165) is 73.9 Å². The van der Waals surface area contributed by atoms with E-state index in [1.807, 2.05) is 0 Å². The maximum absolute atomic E-state index is 12.6. The van der Waals surface area contributed by atoms with Crippen LogP contribution in [-0.2, 0) is 36.4 Å². The number of aromatic hydroxyl groups is 1. The van der Waals surface area contributed by atoms with Crippen molar-refractivity contribution >= 4 is 23.6 Å². The van der Waals surface area contributed by atoms with Crippen molar-refractivity contribution in [1.29, 1.82) is 0 Å². The van der Waals surface area contributed by atoms with Crippen molar-refractivity contribution in [2.45, 2.75) is 175 Å². The Balaban J connectivity index is 1.55. The summed E-state index contributed by atoms with van der Waals surface area (Å²) in [5.74, 6) is -0.665. The number of rotatable bonds is 21. The zero-order valence-corrected chi connectivity index (χ0v) is 30.7. The Morgan fingerprint density at radius 1 is 0.766 bits per heavy atom. The van der Waals surface area contributed by atoms with Gasteiger partial charge in [-0.05, 0) is 59.6 Å². The van der Waals surface area contributed by atoms with Gasteiger partial charge < -0.3 is 10.4 Å². The molecule has 8 nitrogen and oxygen atoms in total. The van der Waals surface area contributed by atoms with E-state index in [1.165, 1.54) is 31.2 Å². The second-order valence-corrected chi connectivity index (χ2v) is 15.7. The van der Waals surface area contributed by atoms with Crippen molar-refractivity contribution in [1.82, 2.24) is 15.8 Å². The molecule has 1 aliphatic rings. The summed E-state index contributed by atoms with van der Waals surface area (Å²) in [5.41, 5.74) is 5.35. The molecule has 0 aliphatic carbocycles. The highest BCUT2D eigenvalue weighted by atomic mass is 16.3. The minimum absolute atomic E-state index is 0.0818. The van der Waals surface area contributed by atoms with Gasteiger partial charge in [0.2, 0.25) is 17.7 Å². The highest BCUT2D eigenvalue weighted by Crippen LogP contribution is 2.40. The zero-order chi connectivity index (χ0) is 35.0. The van der Waals surface area contributed by atoms with Crippen molar-refractivity contribution in [2.75, 3.05) is 6.54 Å². The van der Waals surface area contributed by atoms with Crippen LogP contribution in [0.15, 0.2) is 12.1 Å². The molecule has 8 heteroatoms. The summed E-state index contributed by atoms with van der Waals surface area (Å²) in [5, 5.41) is 14.9. The smallest absolute Gasteiger partial charge is 0.251 e. The highest BCUT2D eigenvalue weighted by Gasteiger charge is 2.39. The highest BCUT2D eigenvalue weighted by molar-refractivity contribution is 6.04. The first-order valence-electron chi connectivity index (χ1n) is 18.4. The van der Waals surface area contributed by atoms with Crippen molar-refractivity contribution in [3.8, 4) is 5.75 Å². The van der Waals surface area contributed by atoms with Gasteiger partial charge in [-0.1, -0.05) is 125 Å². The van der Waals surface area contributed by atoms with Gasteiger partial charge in [-0.25, -0.2) is 0 Å². The summed E-state index contributed by atoms with van der Waals surface area (Å²) in [4.78, 5) is 49.6. The Morgan fingerprint density at radius 2 is 1.28 bits per heavy atom. The summed E-state index contributed by atoms with van der Waals surface area (Å²) in [6.45, 7) is 15.5. The Labute approximate surface area is 285 Å². The molecule has 2 rings (SSSR count). The molecule has 1 atom stereocenters. The summed E-state index contributed by atoms with van der Waals surface area (Å²) in [7, 11) is 0. The molecule has 0 radical (unpaired) electrons. The predicted octanol–water partition coefficient (Wildman–Crippen LogP) is 8.31. The lowest BCUT2D eigenvalue weighted by Gasteiger charge is -2.28. The molecule has 1 aromatic rings. The minimum Gasteiger partial charge on any atom is -0.507 e. The molecule has 1 aromatic carbocycles. The van der Waals surface area contributed by atoms with Crippen molar-refractivity contribution < 1.29 is 24.3 Å². The molecular weight excluding hydrogens is 590 g/mol. The van der Waals surface area contributed by atoms with Crippen LogP contribution in [0.3, 0.4) is 0 Å². The number of aryl methyl sites for hydroxylation is 1. The van der Waals surface area contributed by atoms with Crippen molar-refractivity contribution in [3.05, 3.63) is 28.8 Å². The quantitative estimate of drug-likeness (QED) is 0.0910. The van der Waals surface area contributed by atoms with E-state index in [9.17, 15) is 24.3 Å². The maximum atomic E-state index is 12.6. The van der Waals surface area contributed by atoms with Crippen molar-refractivity contribution in [3.63, 3.8) is 0 Å². The molecule has 0 aromatic heterocycles. The molecule has 4 amide bonds. The van der Waals surface area contributed by atoms with Crippen LogP contribution in [0.25, 0.3) is 0 Å². The zero-order valence-electron chi connectivity index (χ0n) is 30.7. The Morgan fingerprint density at radius 3 is 1.83 bits per heavy atom. The van der Waals surface area contributed by atoms with Crippen LogP contribution in [0, 0.1) is 5.92 Å². The topological polar surface area (TPSA) is 116 Å². The van der Waals surface area contributed by atoms with Crippen LogP contribution in [0.2, 0.25) is 0 Å². The molecule has 0 saturated carbocycles. The van der Waals surface area contributed by atoms with Gasteiger partial charge in [0.25, 0.3) is 5.91 Å². The van der Waals surface area contributed by atoms with Crippen LogP contribution in [0.1, 0.15) is 174 Å². The first-order chi connectivity index (χ1) is 22.1. The van der Waals surface area contributed by atoms with Gasteiger partial charge in [0.05, 0.1) is 0 Å². The lowest BCUT2D eigenvalue weighted by molar-refractivity contribution is -0.148. The number of hydrazine groups is 1. The third-order valence-electron chi connectivity index (χ3n) is 9.19. The first-order valence-corrected chi connectivity index (χ1v) is 18.4. The number of phenolic OH excluding ortho intramolecular Hbond substituents is 1. The van der Waals surface area contributed by atoms with Gasteiger partial charge in [-0.15, -0.1) is 0 Å². The van der Waals surface area contributed by atoms with Crippen molar-refractivity contribution in [2.24, 2.45) is 5.92 Å². The van der Waals surface area contributed by atoms with Gasteiger partial charge >= 0.3 is 0 Å². The van der Waals surface area contributed by atoms with Crippen LogP contribution >= 0.6 is 0 Å². The van der Waals surface area contributed by atoms with Gasteiger partial charge in [-0.3, -0.25) is 24.6 Å². The average Bonchev–Trinajstić information content (AvgIpc) is 3.25. The van der Waals surface area contributed by atoms with Gasteiger partial charge in [0.15, 0.2) is 0 Å². The number of amides is 4. The number of hydrogen-bond donors (Lipinski definition) is 3. The summed E-state index contributed by atoms with van der Waals surface area (Å²) in [6.07, 6.45) is 15.7. The standard InChI is InChI=1S/C39H65N3O5/c1-8-9-10-11-14-17-22-30-28-35(45)42(37(30)47)41-34(44)24-19-16-13-12-15-18-23-33(43)40-25-20-21-29-26-31(38(2,3)4)36(46)32(27-29)39(5,6)7/h26-27,30,46H,8-25,28H2,1-7H3,(H,40,43)(H,41,44). The van der Waals surface area contributed by atoms with E-state index in [4.69, 9.17) is 0 Å². The average molecular weight is 656 g/mol. The number of benzene rings is 1. The maximum Gasteiger partial charge on any atom is 0.251 e. The van der Waals surface area contributed by atoms with E-state index in [-0.39, 0.29) is 46.8 Å². The molecular formula is C39H65N3O5. The molecule has 0 spiro atoms. The fourth-order valence-corrected chi connectivity index (χ4v) is 6.26. The van der Waals surface area contributed by atoms with E-state index < -0.39 is 0 Å². The summed E-state index contributed by atoms with van der Waals surface area (Å²) < 4.78 is 0. The second-order valence-electron chi connectivity index (χ2n) is 15.7. The summed E-state index contributed by atoms with van der Waals surface area (Å²) >= 11 is 0. The van der Waals surface area contributed by atoms with E-state index >= 15 is 0 Å². The second kappa shape index (κ2) is 19.8. The van der Waals surface area contributed by atoms with Gasteiger partial charge in [-0.2, -0.15) is 5.01 Å². The molecule has 1 unspecified atom stereocenters. The molecule has 1 aliphatic heterocycles. The Hall–Kier alpha value is -2.90. The SMILES string of the molecule is CCCCCCCCC1CC(=O)N(NC(=O)CCCCCCCCC(=O)NCCCc2cc(C(C)(C)C)c(O)c(C(C)(C)C)c2)C1=O. The molecule has 1 fully saturated rings.